The standard InChI is InChI=1S/C16H11BrClN3O/c17-13-3-1-11(2-4-13)16-12(9-19-22)10-21(20-16)15-7-5-14(18)6-8-15/h1-10,22H/b19-9+. The van der Waals surface area contributed by atoms with Crippen LogP contribution >= 0.6 is 27.5 Å². The predicted molar refractivity (Wildman–Crippen MR) is 91.1 cm³/mol. The van der Waals surface area contributed by atoms with E-state index >= 15 is 0 Å². The van der Waals surface area contributed by atoms with Crippen LogP contribution in [0.25, 0.3) is 16.9 Å². The number of hydrogen-bond acceptors (Lipinski definition) is 3. The summed E-state index contributed by atoms with van der Waals surface area (Å²) in [7, 11) is 0. The molecule has 3 rings (SSSR count). The maximum atomic E-state index is 8.86. The van der Waals surface area contributed by atoms with E-state index in [1.807, 2.05) is 36.4 Å². The van der Waals surface area contributed by atoms with Crippen molar-refractivity contribution >= 4 is 33.7 Å². The van der Waals surface area contributed by atoms with Crippen LogP contribution in [0.5, 0.6) is 0 Å². The lowest BCUT2D eigenvalue weighted by Crippen LogP contribution is -1.94. The van der Waals surface area contributed by atoms with Crippen molar-refractivity contribution in [1.82, 2.24) is 9.78 Å². The quantitative estimate of drug-likeness (QED) is 0.407. The van der Waals surface area contributed by atoms with Gasteiger partial charge in [-0.15, -0.1) is 0 Å². The molecule has 0 amide bonds. The van der Waals surface area contributed by atoms with Gasteiger partial charge in [0.05, 0.1) is 11.9 Å². The first-order valence-electron chi connectivity index (χ1n) is 6.46. The normalized spacial score (nSPS) is 11.2. The Hall–Kier alpha value is -2.11. The van der Waals surface area contributed by atoms with Crippen LogP contribution in [0.4, 0.5) is 0 Å². The van der Waals surface area contributed by atoms with Crippen molar-refractivity contribution in [3.8, 4) is 16.9 Å². The number of halogens is 2. The van der Waals surface area contributed by atoms with Gasteiger partial charge in [-0.2, -0.15) is 5.10 Å². The average Bonchev–Trinajstić information content (AvgIpc) is 2.93. The van der Waals surface area contributed by atoms with Crippen LogP contribution < -0.4 is 0 Å². The largest absolute Gasteiger partial charge is 0.411 e. The highest BCUT2D eigenvalue weighted by Gasteiger charge is 2.11. The molecule has 0 radical (unpaired) electrons. The molecule has 6 heteroatoms. The highest BCUT2D eigenvalue weighted by Crippen LogP contribution is 2.24. The molecule has 0 saturated heterocycles. The van der Waals surface area contributed by atoms with E-state index in [0.29, 0.717) is 5.02 Å². The molecule has 4 nitrogen and oxygen atoms in total. The Kier molecular flexibility index (Phi) is 4.27. The molecule has 22 heavy (non-hydrogen) atoms. The lowest BCUT2D eigenvalue weighted by atomic mass is 10.1. The Balaban J connectivity index is 2.09. The second-order valence-corrected chi connectivity index (χ2v) is 5.96. The summed E-state index contributed by atoms with van der Waals surface area (Å²) >= 11 is 9.32. The zero-order valence-corrected chi connectivity index (χ0v) is 13.7. The molecule has 0 spiro atoms. The monoisotopic (exact) mass is 375 g/mol. The number of benzene rings is 2. The number of oxime groups is 1. The van der Waals surface area contributed by atoms with Gasteiger partial charge in [0, 0.05) is 26.8 Å². The molecule has 0 atom stereocenters. The van der Waals surface area contributed by atoms with Crippen LogP contribution in [0.2, 0.25) is 5.02 Å². The van der Waals surface area contributed by atoms with Gasteiger partial charge in [0.2, 0.25) is 0 Å². The molecular formula is C16H11BrClN3O. The van der Waals surface area contributed by atoms with E-state index in [4.69, 9.17) is 16.8 Å². The minimum Gasteiger partial charge on any atom is -0.411 e. The Morgan fingerprint density at radius 1 is 1.09 bits per heavy atom. The fourth-order valence-electron chi connectivity index (χ4n) is 2.10. The number of hydrogen-bond donors (Lipinski definition) is 1. The Labute approximate surface area is 140 Å². The van der Waals surface area contributed by atoms with Gasteiger partial charge in [-0.05, 0) is 36.4 Å². The van der Waals surface area contributed by atoms with Gasteiger partial charge < -0.3 is 5.21 Å². The minimum absolute atomic E-state index is 0.668. The van der Waals surface area contributed by atoms with Crippen LogP contribution in [-0.2, 0) is 0 Å². The molecule has 2 aromatic carbocycles. The van der Waals surface area contributed by atoms with Crippen molar-refractivity contribution < 1.29 is 5.21 Å². The van der Waals surface area contributed by atoms with Crippen LogP contribution in [0.3, 0.4) is 0 Å². The van der Waals surface area contributed by atoms with Crippen molar-refractivity contribution in [1.29, 1.82) is 0 Å². The Morgan fingerprint density at radius 2 is 1.77 bits per heavy atom. The number of aromatic nitrogens is 2. The molecule has 0 aliphatic heterocycles. The summed E-state index contributed by atoms with van der Waals surface area (Å²) in [6.45, 7) is 0. The van der Waals surface area contributed by atoms with Crippen LogP contribution in [0.15, 0.2) is 64.4 Å². The van der Waals surface area contributed by atoms with Crippen molar-refractivity contribution in [2.45, 2.75) is 0 Å². The smallest absolute Gasteiger partial charge is 0.102 e. The SMILES string of the molecule is O/N=C/c1cn(-c2ccc(Cl)cc2)nc1-c1ccc(Br)cc1. The molecule has 0 aliphatic rings. The summed E-state index contributed by atoms with van der Waals surface area (Å²) < 4.78 is 2.72. The van der Waals surface area contributed by atoms with Crippen LogP contribution in [0.1, 0.15) is 5.56 Å². The molecule has 1 aromatic heterocycles. The summed E-state index contributed by atoms with van der Waals surface area (Å²) in [5.41, 5.74) is 3.27. The van der Waals surface area contributed by atoms with E-state index < -0.39 is 0 Å². The third kappa shape index (κ3) is 3.05. The lowest BCUT2D eigenvalue weighted by Gasteiger charge is -2.01. The number of nitrogens with zero attached hydrogens (tertiary/aromatic N) is 3. The van der Waals surface area contributed by atoms with E-state index in [9.17, 15) is 0 Å². The molecule has 0 saturated carbocycles. The first kappa shape index (κ1) is 14.8. The third-order valence-corrected chi connectivity index (χ3v) is 3.93. The molecule has 1 N–H and O–H groups in total. The summed E-state index contributed by atoms with van der Waals surface area (Å²) in [6.07, 6.45) is 3.18. The van der Waals surface area contributed by atoms with E-state index in [1.54, 1.807) is 23.0 Å². The third-order valence-electron chi connectivity index (χ3n) is 3.15. The van der Waals surface area contributed by atoms with Gasteiger partial charge in [0.1, 0.15) is 5.69 Å². The molecule has 0 fully saturated rings. The molecule has 1 heterocycles. The molecule has 0 aliphatic carbocycles. The van der Waals surface area contributed by atoms with E-state index in [-0.39, 0.29) is 0 Å². The van der Waals surface area contributed by atoms with Crippen molar-refractivity contribution in [3.05, 3.63) is 69.8 Å². The predicted octanol–water partition coefficient (Wildman–Crippen LogP) is 4.76. The van der Waals surface area contributed by atoms with Crippen molar-refractivity contribution in [2.75, 3.05) is 0 Å². The highest BCUT2D eigenvalue weighted by atomic mass is 79.9. The fraction of sp³-hybridized carbons (Fsp3) is 0. The van der Waals surface area contributed by atoms with Crippen LogP contribution in [0, 0.1) is 0 Å². The summed E-state index contributed by atoms with van der Waals surface area (Å²) in [4.78, 5) is 0. The molecule has 0 bridgehead atoms. The maximum absolute atomic E-state index is 8.86. The Bertz CT molecular complexity index is 810. The number of rotatable bonds is 3. The zero-order valence-electron chi connectivity index (χ0n) is 11.3. The Morgan fingerprint density at radius 3 is 2.41 bits per heavy atom. The summed E-state index contributed by atoms with van der Waals surface area (Å²) in [5, 5.41) is 17.2. The first-order chi connectivity index (χ1) is 10.7. The van der Waals surface area contributed by atoms with E-state index in [2.05, 4.69) is 26.2 Å². The molecule has 0 unspecified atom stereocenters. The highest BCUT2D eigenvalue weighted by molar-refractivity contribution is 9.10. The second-order valence-electron chi connectivity index (χ2n) is 4.61. The van der Waals surface area contributed by atoms with Crippen LogP contribution in [-0.4, -0.2) is 21.2 Å². The van der Waals surface area contributed by atoms with E-state index in [0.717, 1.165) is 27.0 Å². The van der Waals surface area contributed by atoms with Gasteiger partial charge >= 0.3 is 0 Å². The van der Waals surface area contributed by atoms with Gasteiger partial charge in [-0.3, -0.25) is 0 Å². The van der Waals surface area contributed by atoms with E-state index in [1.165, 1.54) is 6.21 Å². The molecule has 110 valence electrons. The molecule has 3 aromatic rings. The van der Waals surface area contributed by atoms with Crippen molar-refractivity contribution in [2.24, 2.45) is 5.16 Å². The fourth-order valence-corrected chi connectivity index (χ4v) is 2.49. The first-order valence-corrected chi connectivity index (χ1v) is 7.63. The zero-order chi connectivity index (χ0) is 15.5. The summed E-state index contributed by atoms with van der Waals surface area (Å²) in [5.74, 6) is 0. The maximum Gasteiger partial charge on any atom is 0.102 e. The van der Waals surface area contributed by atoms with Gasteiger partial charge in [0.25, 0.3) is 0 Å². The minimum atomic E-state index is 0.668. The topological polar surface area (TPSA) is 50.4 Å². The second kappa shape index (κ2) is 6.34. The van der Waals surface area contributed by atoms with Gasteiger partial charge in [-0.25, -0.2) is 4.68 Å². The van der Waals surface area contributed by atoms with Gasteiger partial charge in [-0.1, -0.05) is 44.8 Å². The molecular weight excluding hydrogens is 366 g/mol. The van der Waals surface area contributed by atoms with Gasteiger partial charge in [0.15, 0.2) is 0 Å². The van der Waals surface area contributed by atoms with Crippen molar-refractivity contribution in [3.63, 3.8) is 0 Å². The lowest BCUT2D eigenvalue weighted by molar-refractivity contribution is 0.322. The summed E-state index contributed by atoms with van der Waals surface area (Å²) in [6, 6.07) is 15.1. The average molecular weight is 377 g/mol.